The molecule has 0 aliphatic heterocycles. The van der Waals surface area contributed by atoms with Crippen LogP contribution >= 0.6 is 11.3 Å². The Morgan fingerprint density at radius 1 is 1.47 bits per heavy atom. The fourth-order valence-electron chi connectivity index (χ4n) is 1.57. The Bertz CT molecular complexity index is 598. The zero-order valence-corrected chi connectivity index (χ0v) is 11.4. The van der Waals surface area contributed by atoms with E-state index < -0.39 is 4.92 Å². The number of hydrogen-bond acceptors (Lipinski definition) is 6. The third-order valence-corrected chi connectivity index (χ3v) is 3.41. The summed E-state index contributed by atoms with van der Waals surface area (Å²) in [5.41, 5.74) is 1.61. The van der Waals surface area contributed by atoms with Crippen LogP contribution in [-0.4, -0.2) is 17.0 Å². The molecule has 0 radical (unpaired) electrons. The van der Waals surface area contributed by atoms with Gasteiger partial charge >= 0.3 is 0 Å². The maximum Gasteiger partial charge on any atom is 0.275 e. The van der Waals surface area contributed by atoms with E-state index in [1.165, 1.54) is 19.2 Å². The van der Waals surface area contributed by atoms with Gasteiger partial charge in [-0.3, -0.25) is 10.1 Å². The van der Waals surface area contributed by atoms with Crippen LogP contribution in [0.5, 0.6) is 5.75 Å². The lowest BCUT2D eigenvalue weighted by Gasteiger charge is -2.06. The van der Waals surface area contributed by atoms with Crippen LogP contribution in [0.4, 0.5) is 11.4 Å². The van der Waals surface area contributed by atoms with Gasteiger partial charge in [0, 0.05) is 28.9 Å². The van der Waals surface area contributed by atoms with E-state index >= 15 is 0 Å². The van der Waals surface area contributed by atoms with Crippen molar-refractivity contribution < 1.29 is 9.66 Å². The first-order valence-corrected chi connectivity index (χ1v) is 6.45. The molecule has 0 saturated carbocycles. The molecule has 0 atom stereocenters. The van der Waals surface area contributed by atoms with Crippen molar-refractivity contribution in [2.24, 2.45) is 0 Å². The normalized spacial score (nSPS) is 10.2. The first kappa shape index (κ1) is 13.3. The largest absolute Gasteiger partial charge is 0.496 e. The first-order valence-electron chi connectivity index (χ1n) is 5.57. The van der Waals surface area contributed by atoms with Crippen LogP contribution in [-0.2, 0) is 6.54 Å². The Hall–Kier alpha value is -2.15. The highest BCUT2D eigenvalue weighted by molar-refractivity contribution is 7.09. The monoisotopic (exact) mass is 279 g/mol. The number of hydrogen-bond donors (Lipinski definition) is 1. The summed E-state index contributed by atoms with van der Waals surface area (Å²) in [4.78, 5) is 14.7. The quantitative estimate of drug-likeness (QED) is 0.672. The minimum Gasteiger partial charge on any atom is -0.496 e. The Labute approximate surface area is 114 Å². The second-order valence-corrected chi connectivity index (χ2v) is 4.86. The number of aryl methyl sites for hydroxylation is 1. The summed E-state index contributed by atoms with van der Waals surface area (Å²) in [5.74, 6) is 0.451. The fraction of sp³-hybridized carbons (Fsp3) is 0.250. The van der Waals surface area contributed by atoms with E-state index in [9.17, 15) is 10.1 Å². The summed E-state index contributed by atoms with van der Waals surface area (Å²) >= 11 is 1.55. The van der Waals surface area contributed by atoms with Gasteiger partial charge in [-0.1, -0.05) is 0 Å². The average molecular weight is 279 g/mol. The Balaban J connectivity index is 2.15. The fourth-order valence-corrected chi connectivity index (χ4v) is 2.28. The molecule has 0 aliphatic rings. The summed E-state index contributed by atoms with van der Waals surface area (Å²) in [6, 6.07) is 4.58. The van der Waals surface area contributed by atoms with Gasteiger partial charge in [-0.2, -0.15) is 0 Å². The molecule has 19 heavy (non-hydrogen) atoms. The summed E-state index contributed by atoms with van der Waals surface area (Å²) in [6.07, 6.45) is 0. The molecule has 0 saturated heterocycles. The van der Waals surface area contributed by atoms with Gasteiger partial charge in [0.1, 0.15) is 10.8 Å². The van der Waals surface area contributed by atoms with Crippen LogP contribution < -0.4 is 10.1 Å². The van der Waals surface area contributed by atoms with Gasteiger partial charge in [0.25, 0.3) is 5.69 Å². The highest BCUT2D eigenvalue weighted by Gasteiger charge is 2.10. The van der Waals surface area contributed by atoms with Crippen molar-refractivity contribution in [1.29, 1.82) is 0 Å². The van der Waals surface area contributed by atoms with E-state index in [0.29, 0.717) is 18.0 Å². The number of ether oxygens (including phenoxy) is 1. The van der Waals surface area contributed by atoms with Crippen molar-refractivity contribution in [2.45, 2.75) is 13.5 Å². The molecule has 2 rings (SSSR count). The topological polar surface area (TPSA) is 77.3 Å². The molecule has 1 N–H and O–H groups in total. The van der Waals surface area contributed by atoms with Crippen LogP contribution in [0.1, 0.15) is 10.7 Å². The zero-order valence-electron chi connectivity index (χ0n) is 10.5. The van der Waals surface area contributed by atoms with Crippen molar-refractivity contribution in [3.05, 3.63) is 44.4 Å². The lowest BCUT2D eigenvalue weighted by molar-refractivity contribution is -0.384. The number of benzene rings is 1. The molecular formula is C12H13N3O3S. The minimum absolute atomic E-state index is 0.00262. The lowest BCUT2D eigenvalue weighted by atomic mass is 10.2. The Morgan fingerprint density at radius 3 is 2.84 bits per heavy atom. The number of non-ortho nitro benzene ring substituents is 1. The first-order chi connectivity index (χ1) is 9.08. The van der Waals surface area contributed by atoms with Crippen LogP contribution in [0.15, 0.2) is 23.6 Å². The molecule has 0 bridgehead atoms. The molecule has 0 aliphatic carbocycles. The second-order valence-electron chi connectivity index (χ2n) is 3.91. The highest BCUT2D eigenvalue weighted by Crippen LogP contribution is 2.26. The third kappa shape index (κ3) is 3.41. The minimum atomic E-state index is -0.443. The number of aromatic nitrogens is 1. The number of nitrogens with one attached hydrogen (secondary N) is 1. The van der Waals surface area contributed by atoms with Gasteiger partial charge in [-0.25, -0.2) is 4.98 Å². The Kier molecular flexibility index (Phi) is 3.96. The van der Waals surface area contributed by atoms with Crippen molar-refractivity contribution in [2.75, 3.05) is 12.4 Å². The highest BCUT2D eigenvalue weighted by atomic mass is 32.1. The number of anilines is 1. The summed E-state index contributed by atoms with van der Waals surface area (Å²) in [6.45, 7) is 2.46. The number of rotatable bonds is 5. The summed E-state index contributed by atoms with van der Waals surface area (Å²) in [7, 11) is 1.48. The lowest BCUT2D eigenvalue weighted by Crippen LogP contribution is -2.00. The standard InChI is InChI=1S/C12H13N3O3S/c1-8-7-19-12(14-8)6-13-9-3-10(15(16)17)5-11(4-9)18-2/h3-5,7,13H,6H2,1-2H3. The molecule has 1 aromatic carbocycles. The Morgan fingerprint density at radius 2 is 2.26 bits per heavy atom. The number of methoxy groups -OCH3 is 1. The van der Waals surface area contributed by atoms with Gasteiger partial charge in [0.2, 0.25) is 0 Å². The van der Waals surface area contributed by atoms with Crippen LogP contribution in [0.25, 0.3) is 0 Å². The molecule has 1 aromatic heterocycles. The maximum atomic E-state index is 10.8. The number of nitrogens with zero attached hydrogens (tertiary/aromatic N) is 2. The molecule has 0 unspecified atom stereocenters. The van der Waals surface area contributed by atoms with Gasteiger partial charge < -0.3 is 10.1 Å². The molecule has 6 nitrogen and oxygen atoms in total. The molecule has 7 heteroatoms. The maximum absolute atomic E-state index is 10.8. The van der Waals surface area contributed by atoms with Crippen molar-refractivity contribution in [3.63, 3.8) is 0 Å². The van der Waals surface area contributed by atoms with Crippen molar-refractivity contribution >= 4 is 22.7 Å². The number of nitro benzene ring substituents is 1. The van der Waals surface area contributed by atoms with Crippen LogP contribution in [0, 0.1) is 17.0 Å². The van der Waals surface area contributed by atoms with Gasteiger partial charge in [0.15, 0.2) is 0 Å². The van der Waals surface area contributed by atoms with Crippen LogP contribution in [0.2, 0.25) is 0 Å². The molecule has 2 aromatic rings. The van der Waals surface area contributed by atoms with E-state index in [0.717, 1.165) is 10.7 Å². The summed E-state index contributed by atoms with van der Waals surface area (Å²) in [5, 5.41) is 16.8. The predicted octanol–water partition coefficient (Wildman–Crippen LogP) is 2.98. The zero-order chi connectivity index (χ0) is 13.8. The van der Waals surface area contributed by atoms with E-state index in [4.69, 9.17) is 4.74 Å². The number of nitro groups is 1. The SMILES string of the molecule is COc1cc(NCc2nc(C)cs2)cc([N+](=O)[O-])c1. The molecule has 100 valence electrons. The van der Waals surface area contributed by atoms with Crippen molar-refractivity contribution in [3.8, 4) is 5.75 Å². The summed E-state index contributed by atoms with van der Waals surface area (Å²) < 4.78 is 5.04. The molecule has 1 heterocycles. The van der Waals surface area contributed by atoms with Gasteiger partial charge in [-0.15, -0.1) is 11.3 Å². The number of thiazole rings is 1. The second kappa shape index (κ2) is 5.66. The van der Waals surface area contributed by atoms with E-state index in [1.54, 1.807) is 17.4 Å². The van der Waals surface area contributed by atoms with Gasteiger partial charge in [-0.05, 0) is 6.92 Å². The molecule has 0 amide bonds. The van der Waals surface area contributed by atoms with E-state index in [1.807, 2.05) is 12.3 Å². The average Bonchev–Trinajstić information content (AvgIpc) is 2.81. The molecule has 0 fully saturated rings. The van der Waals surface area contributed by atoms with E-state index in [2.05, 4.69) is 10.3 Å². The van der Waals surface area contributed by atoms with Gasteiger partial charge in [0.05, 0.1) is 24.6 Å². The predicted molar refractivity (Wildman–Crippen MR) is 73.8 cm³/mol. The van der Waals surface area contributed by atoms with Crippen LogP contribution in [0.3, 0.4) is 0 Å². The third-order valence-electron chi connectivity index (χ3n) is 2.45. The molecule has 0 spiro atoms. The van der Waals surface area contributed by atoms with Crippen molar-refractivity contribution in [1.82, 2.24) is 4.98 Å². The van der Waals surface area contributed by atoms with E-state index in [-0.39, 0.29) is 5.69 Å². The molecular weight excluding hydrogens is 266 g/mol. The smallest absolute Gasteiger partial charge is 0.275 e.